The number of methoxy groups -OCH3 is 1. The number of hydrogen-bond acceptors (Lipinski definition) is 5. The molecule has 0 fully saturated rings. The third-order valence-corrected chi connectivity index (χ3v) is 6.52. The van der Waals surface area contributed by atoms with Gasteiger partial charge in [-0.25, -0.2) is 0 Å². The summed E-state index contributed by atoms with van der Waals surface area (Å²) in [5.41, 5.74) is 5.58. The molecule has 5 nitrogen and oxygen atoms in total. The number of allylic oxidation sites excluding steroid dienone is 7. The van der Waals surface area contributed by atoms with Crippen LogP contribution in [0.3, 0.4) is 0 Å². The van der Waals surface area contributed by atoms with Crippen LogP contribution in [0, 0.1) is 11.8 Å². The Morgan fingerprint density at radius 3 is 2.29 bits per heavy atom. The van der Waals surface area contributed by atoms with Crippen molar-refractivity contribution in [2.24, 2.45) is 11.8 Å². The summed E-state index contributed by atoms with van der Waals surface area (Å²) >= 11 is 0. The van der Waals surface area contributed by atoms with Gasteiger partial charge in [0.25, 0.3) is 0 Å². The van der Waals surface area contributed by atoms with E-state index in [2.05, 4.69) is 56.2 Å². The Labute approximate surface area is 205 Å². The van der Waals surface area contributed by atoms with E-state index in [1.54, 1.807) is 12.4 Å². The fraction of sp³-hybridized carbons (Fsp3) is 0.517. The number of aromatic nitrogens is 1. The molecule has 1 aromatic rings. The predicted octanol–water partition coefficient (Wildman–Crippen LogP) is 6.03. The fourth-order valence-electron chi connectivity index (χ4n) is 4.26. The monoisotopic (exact) mass is 466 g/mol. The highest BCUT2D eigenvalue weighted by atomic mass is 16.5. The van der Waals surface area contributed by atoms with E-state index in [1.165, 1.54) is 23.8 Å². The van der Waals surface area contributed by atoms with Crippen LogP contribution in [0.25, 0.3) is 0 Å². The number of pyridine rings is 1. The van der Waals surface area contributed by atoms with Crippen LogP contribution >= 0.6 is 0 Å². The normalized spacial score (nSPS) is 21.5. The van der Waals surface area contributed by atoms with E-state index in [0.717, 1.165) is 31.2 Å². The molecular formula is C29H42N2O3. The van der Waals surface area contributed by atoms with Gasteiger partial charge >= 0.3 is 0 Å². The highest BCUT2D eigenvalue weighted by Crippen LogP contribution is 2.34. The molecule has 1 aliphatic rings. The molecule has 0 spiro atoms. The highest BCUT2D eigenvalue weighted by Gasteiger charge is 2.41. The zero-order chi connectivity index (χ0) is 25.1. The Balaban J connectivity index is 2.00. The van der Waals surface area contributed by atoms with E-state index < -0.39 is 6.10 Å². The zero-order valence-corrected chi connectivity index (χ0v) is 21.7. The Morgan fingerprint density at radius 2 is 1.68 bits per heavy atom. The van der Waals surface area contributed by atoms with Crippen molar-refractivity contribution in [3.63, 3.8) is 0 Å². The molecule has 0 aliphatic heterocycles. The number of carbonyl (C=O) groups is 1. The number of rotatable bonds is 12. The number of hydrogen-bond donors (Lipinski definition) is 2. The van der Waals surface area contributed by atoms with Crippen LogP contribution in [-0.2, 0) is 16.1 Å². The van der Waals surface area contributed by atoms with E-state index in [1.807, 2.05) is 19.1 Å². The van der Waals surface area contributed by atoms with E-state index in [-0.39, 0.29) is 23.4 Å². The van der Waals surface area contributed by atoms with E-state index in [4.69, 9.17) is 4.74 Å². The van der Waals surface area contributed by atoms with Gasteiger partial charge < -0.3 is 15.2 Å². The van der Waals surface area contributed by atoms with Gasteiger partial charge in [-0.2, -0.15) is 0 Å². The quantitative estimate of drug-likeness (QED) is 0.368. The minimum Gasteiger partial charge on any atom is -0.491 e. The van der Waals surface area contributed by atoms with Crippen molar-refractivity contribution in [3.8, 4) is 0 Å². The number of Topliss-reactive ketones (excluding diaryl/α,β-unsaturated/α-hetero) is 1. The summed E-state index contributed by atoms with van der Waals surface area (Å²) < 4.78 is 5.41. The SMILES string of the molecule is COC1=C(NCc2ccncc2)[C@@H](O)[C@@H](C/C=C(\C)CC/C=C(\C)CCC=C(C)C)[C@H](C)C1=O. The van der Waals surface area contributed by atoms with Crippen LogP contribution in [0.15, 0.2) is 70.9 Å². The smallest absolute Gasteiger partial charge is 0.202 e. The molecule has 2 N–H and O–H groups in total. The van der Waals surface area contributed by atoms with E-state index in [9.17, 15) is 9.90 Å². The van der Waals surface area contributed by atoms with Crippen molar-refractivity contribution < 1.29 is 14.6 Å². The molecule has 3 atom stereocenters. The minimum absolute atomic E-state index is 0.0593. The van der Waals surface area contributed by atoms with Gasteiger partial charge in [0, 0.05) is 30.8 Å². The molecule has 0 unspecified atom stereocenters. The van der Waals surface area contributed by atoms with Crippen molar-refractivity contribution in [2.45, 2.75) is 79.4 Å². The summed E-state index contributed by atoms with van der Waals surface area (Å²) in [6.07, 6.45) is 14.3. The van der Waals surface area contributed by atoms with Gasteiger partial charge in [-0.15, -0.1) is 0 Å². The predicted molar refractivity (Wildman–Crippen MR) is 139 cm³/mol. The van der Waals surface area contributed by atoms with E-state index >= 15 is 0 Å². The number of aliphatic hydroxyl groups is 1. The summed E-state index contributed by atoms with van der Waals surface area (Å²) in [5, 5.41) is 14.4. The average Bonchev–Trinajstić information content (AvgIpc) is 2.81. The van der Waals surface area contributed by atoms with Crippen LogP contribution in [-0.4, -0.2) is 29.1 Å². The Hall–Kier alpha value is -2.66. The summed E-state index contributed by atoms with van der Waals surface area (Å²) in [4.78, 5) is 17.0. The average molecular weight is 467 g/mol. The van der Waals surface area contributed by atoms with Crippen molar-refractivity contribution in [2.75, 3.05) is 7.11 Å². The molecule has 0 aromatic carbocycles. The second-order valence-electron chi connectivity index (χ2n) is 9.61. The molecule has 186 valence electrons. The standard InChI is InChI=1S/C29H42N2O3/c1-20(2)9-7-10-21(3)11-8-12-22(4)13-14-25-23(5)27(32)29(34-6)26(28(25)33)31-19-24-15-17-30-18-16-24/h9,11,13,15-18,23,25,28,31,33H,7-8,10,12,14,19H2,1-6H3/b21-11+,22-13+/t23-,25-,28-/m0/s1. The number of ether oxygens (including phenoxy) is 1. The maximum absolute atomic E-state index is 13.0. The Morgan fingerprint density at radius 1 is 1.06 bits per heavy atom. The van der Waals surface area contributed by atoms with Gasteiger partial charge in [-0.05, 0) is 77.5 Å². The van der Waals surface area contributed by atoms with Crippen LogP contribution in [0.5, 0.6) is 0 Å². The topological polar surface area (TPSA) is 71.4 Å². The minimum atomic E-state index is -0.786. The first kappa shape index (κ1) is 27.6. The van der Waals surface area contributed by atoms with Crippen LogP contribution < -0.4 is 5.32 Å². The molecule has 0 saturated carbocycles. The number of nitrogens with zero attached hydrogens (tertiary/aromatic N) is 1. The second kappa shape index (κ2) is 13.9. The van der Waals surface area contributed by atoms with Crippen molar-refractivity contribution in [1.29, 1.82) is 0 Å². The highest BCUT2D eigenvalue weighted by molar-refractivity contribution is 5.97. The maximum atomic E-state index is 13.0. The molecule has 0 saturated heterocycles. The third-order valence-electron chi connectivity index (χ3n) is 6.52. The van der Waals surface area contributed by atoms with Gasteiger partial charge in [0.2, 0.25) is 5.78 Å². The molecule has 0 radical (unpaired) electrons. The summed E-state index contributed by atoms with van der Waals surface area (Å²) in [6, 6.07) is 3.81. The maximum Gasteiger partial charge on any atom is 0.202 e. The third kappa shape index (κ3) is 8.28. The lowest BCUT2D eigenvalue weighted by Gasteiger charge is -2.35. The molecule has 0 bridgehead atoms. The second-order valence-corrected chi connectivity index (χ2v) is 9.61. The van der Waals surface area contributed by atoms with Gasteiger partial charge in [-0.3, -0.25) is 9.78 Å². The summed E-state index contributed by atoms with van der Waals surface area (Å²) in [7, 11) is 1.49. The molecule has 1 aliphatic carbocycles. The summed E-state index contributed by atoms with van der Waals surface area (Å²) in [5.74, 6) is -0.323. The molecule has 1 heterocycles. The lowest BCUT2D eigenvalue weighted by atomic mass is 9.76. The Kier molecular flexibility index (Phi) is 11.3. The molecule has 34 heavy (non-hydrogen) atoms. The first-order valence-corrected chi connectivity index (χ1v) is 12.3. The molecular weight excluding hydrogens is 424 g/mol. The number of carbonyl (C=O) groups excluding carboxylic acids is 1. The van der Waals surface area contributed by atoms with Gasteiger partial charge in [0.1, 0.15) is 6.10 Å². The van der Waals surface area contributed by atoms with Crippen LogP contribution in [0.4, 0.5) is 0 Å². The molecule has 1 aromatic heterocycles. The first-order valence-electron chi connectivity index (χ1n) is 12.3. The number of aliphatic hydroxyl groups excluding tert-OH is 1. The van der Waals surface area contributed by atoms with Gasteiger partial charge in [0.15, 0.2) is 5.76 Å². The molecule has 5 heteroatoms. The number of nitrogens with one attached hydrogen (secondary N) is 1. The van der Waals surface area contributed by atoms with Gasteiger partial charge in [-0.1, -0.05) is 41.9 Å². The van der Waals surface area contributed by atoms with Crippen LogP contribution in [0.1, 0.15) is 72.3 Å². The van der Waals surface area contributed by atoms with Crippen molar-refractivity contribution >= 4 is 5.78 Å². The molecule has 2 rings (SSSR count). The largest absolute Gasteiger partial charge is 0.491 e. The lowest BCUT2D eigenvalue weighted by molar-refractivity contribution is -0.126. The zero-order valence-electron chi connectivity index (χ0n) is 21.7. The van der Waals surface area contributed by atoms with Crippen molar-refractivity contribution in [1.82, 2.24) is 10.3 Å². The Bertz CT molecular complexity index is 924. The first-order chi connectivity index (χ1) is 16.2. The van der Waals surface area contributed by atoms with Crippen LogP contribution in [0.2, 0.25) is 0 Å². The van der Waals surface area contributed by atoms with Crippen molar-refractivity contribution in [3.05, 3.63) is 76.5 Å². The molecule has 0 amide bonds. The van der Waals surface area contributed by atoms with Gasteiger partial charge in [0.05, 0.1) is 12.8 Å². The lowest BCUT2D eigenvalue weighted by Crippen LogP contribution is -2.43. The summed E-state index contributed by atoms with van der Waals surface area (Å²) in [6.45, 7) is 11.0. The van der Waals surface area contributed by atoms with E-state index in [0.29, 0.717) is 18.7 Å². The fourth-order valence-corrected chi connectivity index (χ4v) is 4.26. The number of ketones is 1.